The summed E-state index contributed by atoms with van der Waals surface area (Å²) >= 11 is 0. The van der Waals surface area contributed by atoms with Crippen LogP contribution in [0.15, 0.2) is 41.3 Å². The summed E-state index contributed by atoms with van der Waals surface area (Å²) in [5.74, 6) is 0.227. The Balaban J connectivity index is 2.85. The van der Waals surface area contributed by atoms with Crippen LogP contribution in [0.3, 0.4) is 0 Å². The smallest absolute Gasteiger partial charge is 0.178 e. The van der Waals surface area contributed by atoms with Crippen LogP contribution >= 0.6 is 0 Å². The minimum atomic E-state index is -3.08. The number of benzene rings is 1. The van der Waals surface area contributed by atoms with Crippen molar-refractivity contribution in [2.24, 2.45) is 0 Å². The topological polar surface area (TPSA) is 34.1 Å². The molecule has 0 amide bonds. The highest BCUT2D eigenvalue weighted by Crippen LogP contribution is 2.15. The number of sulfone groups is 1. The molecule has 0 radical (unpaired) electrons. The van der Waals surface area contributed by atoms with Crippen LogP contribution in [0.4, 0.5) is 0 Å². The predicted molar refractivity (Wildman–Crippen MR) is 71.9 cm³/mol. The van der Waals surface area contributed by atoms with Crippen molar-refractivity contribution in [2.75, 3.05) is 5.75 Å². The van der Waals surface area contributed by atoms with Gasteiger partial charge in [-0.25, -0.2) is 8.42 Å². The third-order valence-electron chi connectivity index (χ3n) is 2.57. The molecule has 0 N–H and O–H groups in total. The van der Waals surface area contributed by atoms with Crippen LogP contribution in [0.5, 0.6) is 0 Å². The first-order valence-electron chi connectivity index (χ1n) is 6.03. The van der Waals surface area contributed by atoms with Crippen LogP contribution in [-0.4, -0.2) is 14.2 Å². The zero-order valence-corrected chi connectivity index (χ0v) is 11.3. The Labute approximate surface area is 104 Å². The van der Waals surface area contributed by atoms with E-state index in [9.17, 15) is 8.42 Å². The van der Waals surface area contributed by atoms with Gasteiger partial charge in [0.25, 0.3) is 0 Å². The van der Waals surface area contributed by atoms with Crippen molar-refractivity contribution in [1.29, 1.82) is 0 Å². The average molecular weight is 252 g/mol. The largest absolute Gasteiger partial charge is 0.224 e. The lowest BCUT2D eigenvalue weighted by molar-refractivity contribution is 0.594. The van der Waals surface area contributed by atoms with Crippen molar-refractivity contribution in [3.05, 3.63) is 42.0 Å². The molecule has 0 fully saturated rings. The summed E-state index contributed by atoms with van der Waals surface area (Å²) in [6.45, 7) is 3.87. The van der Waals surface area contributed by atoms with Crippen molar-refractivity contribution >= 4 is 9.84 Å². The number of aryl methyl sites for hydroxylation is 1. The molecule has 0 saturated heterocycles. The molecule has 0 spiro atoms. The zero-order valence-electron chi connectivity index (χ0n) is 10.5. The zero-order chi connectivity index (χ0) is 12.7. The normalized spacial score (nSPS) is 12.1. The highest BCUT2D eigenvalue weighted by molar-refractivity contribution is 7.91. The van der Waals surface area contributed by atoms with Crippen molar-refractivity contribution < 1.29 is 8.42 Å². The molecule has 2 nitrogen and oxygen atoms in total. The maximum absolute atomic E-state index is 11.9. The molecule has 1 aromatic rings. The molecule has 0 aromatic heterocycles. The summed E-state index contributed by atoms with van der Waals surface area (Å²) in [5.41, 5.74) is 1.08. The van der Waals surface area contributed by atoms with E-state index in [4.69, 9.17) is 0 Å². The second kappa shape index (κ2) is 6.60. The molecule has 3 heteroatoms. The van der Waals surface area contributed by atoms with Crippen molar-refractivity contribution in [1.82, 2.24) is 0 Å². The van der Waals surface area contributed by atoms with Crippen molar-refractivity contribution in [3.8, 4) is 0 Å². The summed E-state index contributed by atoms with van der Waals surface area (Å²) in [7, 11) is -3.08. The Morgan fingerprint density at radius 2 is 2.06 bits per heavy atom. The standard InChI is InChI=1S/C14H20O2S/c1-3-5-6-8-13-9-7-10-14(12-13)17(15,16)11-4-2/h3,5,7,9-10,12H,4,6,8,11H2,1-2H3/b5-3-. The highest BCUT2D eigenvalue weighted by atomic mass is 32.2. The van der Waals surface area contributed by atoms with Gasteiger partial charge in [0.05, 0.1) is 10.6 Å². The lowest BCUT2D eigenvalue weighted by Gasteiger charge is -2.05. The van der Waals surface area contributed by atoms with Gasteiger partial charge in [0, 0.05) is 0 Å². The number of hydrogen-bond donors (Lipinski definition) is 0. The number of hydrogen-bond acceptors (Lipinski definition) is 2. The van der Waals surface area contributed by atoms with Gasteiger partial charge >= 0.3 is 0 Å². The maximum atomic E-state index is 11.9. The van der Waals surface area contributed by atoms with Crippen LogP contribution in [0, 0.1) is 0 Å². The quantitative estimate of drug-likeness (QED) is 0.727. The molecule has 0 saturated carbocycles. The lowest BCUT2D eigenvalue weighted by atomic mass is 10.1. The lowest BCUT2D eigenvalue weighted by Crippen LogP contribution is -2.06. The summed E-state index contributed by atoms with van der Waals surface area (Å²) in [4.78, 5) is 0.456. The van der Waals surface area contributed by atoms with E-state index in [2.05, 4.69) is 6.08 Å². The molecule has 0 heterocycles. The molecular formula is C14H20O2S. The van der Waals surface area contributed by atoms with Crippen molar-refractivity contribution in [2.45, 2.75) is 38.0 Å². The van der Waals surface area contributed by atoms with Gasteiger partial charge in [-0.05, 0) is 43.9 Å². The van der Waals surface area contributed by atoms with E-state index >= 15 is 0 Å². The summed E-state index contributed by atoms with van der Waals surface area (Å²) in [5, 5.41) is 0. The van der Waals surface area contributed by atoms with Gasteiger partial charge in [-0.3, -0.25) is 0 Å². The molecule has 0 aliphatic heterocycles. The van der Waals surface area contributed by atoms with Crippen LogP contribution in [0.25, 0.3) is 0 Å². The minimum Gasteiger partial charge on any atom is -0.224 e. The van der Waals surface area contributed by atoms with Gasteiger partial charge in [-0.2, -0.15) is 0 Å². The van der Waals surface area contributed by atoms with E-state index in [-0.39, 0.29) is 5.75 Å². The van der Waals surface area contributed by atoms with E-state index in [0.717, 1.165) is 18.4 Å². The molecule has 1 rings (SSSR count). The second-order valence-electron chi connectivity index (χ2n) is 4.07. The van der Waals surface area contributed by atoms with Gasteiger partial charge in [-0.1, -0.05) is 31.2 Å². The SMILES string of the molecule is C/C=C\CCc1cccc(S(=O)(=O)CCC)c1. The third kappa shape index (κ3) is 4.35. The first kappa shape index (κ1) is 14.0. The van der Waals surface area contributed by atoms with E-state index in [1.807, 2.05) is 32.1 Å². The first-order chi connectivity index (χ1) is 8.10. The van der Waals surface area contributed by atoms with Gasteiger partial charge in [0.1, 0.15) is 0 Å². The molecule has 0 atom stereocenters. The molecular weight excluding hydrogens is 232 g/mol. The van der Waals surface area contributed by atoms with Crippen LogP contribution in [0.2, 0.25) is 0 Å². The van der Waals surface area contributed by atoms with Gasteiger partial charge in [0.2, 0.25) is 0 Å². The highest BCUT2D eigenvalue weighted by Gasteiger charge is 2.12. The van der Waals surface area contributed by atoms with Gasteiger partial charge in [-0.15, -0.1) is 0 Å². The minimum absolute atomic E-state index is 0.227. The Morgan fingerprint density at radius 1 is 1.29 bits per heavy atom. The fourth-order valence-corrected chi connectivity index (χ4v) is 3.09. The summed E-state index contributed by atoms with van der Waals surface area (Å²) < 4.78 is 23.8. The predicted octanol–water partition coefficient (Wildman–Crippen LogP) is 3.38. The molecule has 0 aliphatic rings. The molecule has 0 aliphatic carbocycles. The van der Waals surface area contributed by atoms with Gasteiger partial charge < -0.3 is 0 Å². The van der Waals surface area contributed by atoms with Crippen LogP contribution in [0.1, 0.15) is 32.3 Å². The summed E-state index contributed by atoms with van der Waals surface area (Å²) in [6.07, 6.45) is 6.60. The number of rotatable bonds is 6. The number of allylic oxidation sites excluding steroid dienone is 2. The van der Waals surface area contributed by atoms with E-state index < -0.39 is 9.84 Å². The Bertz CT molecular complexity index is 473. The van der Waals surface area contributed by atoms with E-state index in [1.54, 1.807) is 12.1 Å². The molecule has 17 heavy (non-hydrogen) atoms. The monoisotopic (exact) mass is 252 g/mol. The van der Waals surface area contributed by atoms with Crippen LogP contribution in [-0.2, 0) is 16.3 Å². The Morgan fingerprint density at radius 3 is 2.71 bits per heavy atom. The first-order valence-corrected chi connectivity index (χ1v) is 7.68. The molecule has 1 aromatic carbocycles. The Kier molecular flexibility index (Phi) is 5.42. The van der Waals surface area contributed by atoms with Crippen LogP contribution < -0.4 is 0 Å². The molecule has 0 unspecified atom stereocenters. The van der Waals surface area contributed by atoms with E-state index in [0.29, 0.717) is 11.3 Å². The fraction of sp³-hybridized carbons (Fsp3) is 0.429. The van der Waals surface area contributed by atoms with Gasteiger partial charge in [0.15, 0.2) is 9.84 Å². The second-order valence-corrected chi connectivity index (χ2v) is 6.18. The summed E-state index contributed by atoms with van der Waals surface area (Å²) in [6, 6.07) is 7.29. The Hall–Kier alpha value is -1.09. The maximum Gasteiger partial charge on any atom is 0.178 e. The van der Waals surface area contributed by atoms with E-state index in [1.165, 1.54) is 0 Å². The fourth-order valence-electron chi connectivity index (χ4n) is 1.70. The average Bonchev–Trinajstić information content (AvgIpc) is 2.30. The molecule has 94 valence electrons. The third-order valence-corrected chi connectivity index (χ3v) is 4.48. The van der Waals surface area contributed by atoms with Crippen molar-refractivity contribution in [3.63, 3.8) is 0 Å². The molecule has 0 bridgehead atoms.